The second-order valence-electron chi connectivity index (χ2n) is 6.82. The lowest BCUT2D eigenvalue weighted by Gasteiger charge is -2.44. The van der Waals surface area contributed by atoms with E-state index in [1.165, 1.54) is 11.3 Å². The SMILES string of the molecule is CC1CN(C(=O)c2cccs2)CCC12CCC(C(=O)N(C)C)O2. The number of carbonyl (C=O) groups is 2. The molecule has 1 spiro atoms. The standard InChI is InChI=1S/C17H24N2O3S/c1-12-11-19(16(21)14-5-4-10-23-14)9-8-17(12)7-6-13(22-17)15(20)18(2)3/h4-5,10,12-13H,6-9,11H2,1-3H3. The van der Waals surface area contributed by atoms with Gasteiger partial charge in [0.05, 0.1) is 10.5 Å². The summed E-state index contributed by atoms with van der Waals surface area (Å²) in [6, 6.07) is 3.78. The third kappa shape index (κ3) is 3.02. The van der Waals surface area contributed by atoms with Crippen molar-refractivity contribution in [1.82, 2.24) is 9.80 Å². The Morgan fingerprint density at radius 3 is 2.78 bits per heavy atom. The third-order valence-electron chi connectivity index (χ3n) is 5.14. The summed E-state index contributed by atoms with van der Waals surface area (Å²) in [5, 5.41) is 1.93. The molecule has 1 aromatic heterocycles. The Hall–Kier alpha value is -1.40. The van der Waals surface area contributed by atoms with Crippen LogP contribution in [0.3, 0.4) is 0 Å². The first-order valence-corrected chi connectivity index (χ1v) is 9.03. The van der Waals surface area contributed by atoms with Gasteiger partial charge in [-0.3, -0.25) is 9.59 Å². The number of likely N-dealkylation sites (N-methyl/N-ethyl adjacent to an activating group) is 1. The van der Waals surface area contributed by atoms with Crippen molar-refractivity contribution in [3.8, 4) is 0 Å². The van der Waals surface area contributed by atoms with Gasteiger partial charge in [0.1, 0.15) is 6.10 Å². The minimum atomic E-state index is -0.327. The van der Waals surface area contributed by atoms with Gasteiger partial charge in [0.15, 0.2) is 0 Å². The average Bonchev–Trinajstić information content (AvgIpc) is 3.19. The predicted molar refractivity (Wildman–Crippen MR) is 89.5 cm³/mol. The Morgan fingerprint density at radius 1 is 1.39 bits per heavy atom. The number of nitrogens with zero attached hydrogens (tertiary/aromatic N) is 2. The van der Waals surface area contributed by atoms with Crippen LogP contribution in [-0.2, 0) is 9.53 Å². The van der Waals surface area contributed by atoms with Crippen LogP contribution in [0.25, 0.3) is 0 Å². The molecular weight excluding hydrogens is 312 g/mol. The van der Waals surface area contributed by atoms with Gasteiger partial charge < -0.3 is 14.5 Å². The zero-order chi connectivity index (χ0) is 16.6. The van der Waals surface area contributed by atoms with E-state index in [4.69, 9.17) is 4.74 Å². The Kier molecular flexibility index (Phi) is 4.47. The number of amides is 2. The van der Waals surface area contributed by atoms with Gasteiger partial charge in [-0.25, -0.2) is 0 Å². The molecule has 0 aliphatic carbocycles. The van der Waals surface area contributed by atoms with E-state index in [1.54, 1.807) is 19.0 Å². The Labute approximate surface area is 141 Å². The summed E-state index contributed by atoms with van der Waals surface area (Å²) in [6.45, 7) is 3.53. The number of carbonyl (C=O) groups excluding carboxylic acids is 2. The van der Waals surface area contributed by atoms with Crippen molar-refractivity contribution < 1.29 is 14.3 Å². The lowest BCUT2D eigenvalue weighted by molar-refractivity contribution is -0.153. The molecule has 0 saturated carbocycles. The van der Waals surface area contributed by atoms with Crippen LogP contribution in [0.2, 0.25) is 0 Å². The number of hydrogen-bond donors (Lipinski definition) is 0. The molecule has 3 atom stereocenters. The first-order chi connectivity index (χ1) is 10.9. The minimum absolute atomic E-state index is 0.0474. The maximum Gasteiger partial charge on any atom is 0.263 e. The summed E-state index contributed by atoms with van der Waals surface area (Å²) in [5.74, 6) is 0.395. The second kappa shape index (κ2) is 6.24. The predicted octanol–water partition coefficient (Wildman–Crippen LogP) is 2.24. The highest BCUT2D eigenvalue weighted by Gasteiger charge is 2.49. The molecule has 0 radical (unpaired) electrons. The first-order valence-electron chi connectivity index (χ1n) is 8.15. The molecule has 0 N–H and O–H groups in total. The van der Waals surface area contributed by atoms with Crippen molar-refractivity contribution in [1.29, 1.82) is 0 Å². The molecule has 23 heavy (non-hydrogen) atoms. The van der Waals surface area contributed by atoms with Crippen LogP contribution in [0.5, 0.6) is 0 Å². The van der Waals surface area contributed by atoms with E-state index >= 15 is 0 Å². The molecular formula is C17H24N2O3S. The first kappa shape index (κ1) is 16.5. The highest BCUT2D eigenvalue weighted by Crippen LogP contribution is 2.42. The highest BCUT2D eigenvalue weighted by molar-refractivity contribution is 7.12. The molecule has 3 unspecified atom stereocenters. The van der Waals surface area contributed by atoms with Crippen LogP contribution in [0.15, 0.2) is 17.5 Å². The summed E-state index contributed by atoms with van der Waals surface area (Å²) >= 11 is 1.48. The average molecular weight is 336 g/mol. The molecule has 0 bridgehead atoms. The van der Waals surface area contributed by atoms with Gasteiger partial charge in [-0.15, -0.1) is 11.3 Å². The van der Waals surface area contributed by atoms with Crippen LogP contribution < -0.4 is 0 Å². The molecule has 2 saturated heterocycles. The number of piperidine rings is 1. The number of ether oxygens (including phenoxy) is 1. The fourth-order valence-electron chi connectivity index (χ4n) is 3.68. The molecule has 3 heterocycles. The molecule has 0 aromatic carbocycles. The van der Waals surface area contributed by atoms with Crippen LogP contribution in [0.4, 0.5) is 0 Å². The molecule has 6 heteroatoms. The van der Waals surface area contributed by atoms with Gasteiger partial charge in [-0.1, -0.05) is 13.0 Å². The second-order valence-corrected chi connectivity index (χ2v) is 7.77. The summed E-state index contributed by atoms with van der Waals surface area (Å²) in [6.07, 6.45) is 2.16. The van der Waals surface area contributed by atoms with Crippen molar-refractivity contribution in [2.75, 3.05) is 27.2 Å². The largest absolute Gasteiger partial charge is 0.362 e. The van der Waals surface area contributed by atoms with E-state index in [0.717, 1.165) is 24.1 Å². The van der Waals surface area contributed by atoms with Crippen molar-refractivity contribution in [3.63, 3.8) is 0 Å². The van der Waals surface area contributed by atoms with E-state index < -0.39 is 0 Å². The molecule has 2 fully saturated rings. The minimum Gasteiger partial charge on any atom is -0.362 e. The molecule has 2 aliphatic rings. The molecule has 126 valence electrons. The van der Waals surface area contributed by atoms with E-state index in [9.17, 15) is 9.59 Å². The van der Waals surface area contributed by atoms with Gasteiger partial charge in [-0.05, 0) is 30.7 Å². The summed E-state index contributed by atoms with van der Waals surface area (Å²) < 4.78 is 6.22. The quantitative estimate of drug-likeness (QED) is 0.832. The van der Waals surface area contributed by atoms with E-state index in [0.29, 0.717) is 13.1 Å². The summed E-state index contributed by atoms with van der Waals surface area (Å²) in [4.78, 5) is 29.0. The third-order valence-corrected chi connectivity index (χ3v) is 6.00. The van der Waals surface area contributed by atoms with E-state index in [1.807, 2.05) is 22.4 Å². The number of rotatable bonds is 2. The molecule has 2 amide bonds. The molecule has 3 rings (SSSR count). The normalized spacial score (nSPS) is 30.7. The monoisotopic (exact) mass is 336 g/mol. The Morgan fingerprint density at radius 2 is 2.17 bits per heavy atom. The topological polar surface area (TPSA) is 49.9 Å². The summed E-state index contributed by atoms with van der Waals surface area (Å²) in [5.41, 5.74) is -0.247. The zero-order valence-corrected chi connectivity index (χ0v) is 14.8. The van der Waals surface area contributed by atoms with Crippen LogP contribution in [0.1, 0.15) is 35.9 Å². The van der Waals surface area contributed by atoms with Gasteiger partial charge >= 0.3 is 0 Å². The number of thiophene rings is 1. The van der Waals surface area contributed by atoms with Crippen LogP contribution >= 0.6 is 11.3 Å². The number of likely N-dealkylation sites (tertiary alicyclic amines) is 1. The van der Waals surface area contributed by atoms with Crippen molar-refractivity contribution in [3.05, 3.63) is 22.4 Å². The Balaban J connectivity index is 1.65. The van der Waals surface area contributed by atoms with Gasteiger partial charge in [-0.2, -0.15) is 0 Å². The Bertz CT molecular complexity index is 587. The maximum atomic E-state index is 12.5. The lowest BCUT2D eigenvalue weighted by Crippen LogP contribution is -2.53. The fraction of sp³-hybridized carbons (Fsp3) is 0.647. The summed E-state index contributed by atoms with van der Waals surface area (Å²) in [7, 11) is 3.53. The maximum absolute atomic E-state index is 12.5. The van der Waals surface area contributed by atoms with Crippen molar-refractivity contribution >= 4 is 23.2 Å². The molecule has 5 nitrogen and oxygen atoms in total. The highest BCUT2D eigenvalue weighted by atomic mass is 32.1. The van der Waals surface area contributed by atoms with Gasteiger partial charge in [0.2, 0.25) is 0 Å². The van der Waals surface area contributed by atoms with E-state index in [2.05, 4.69) is 6.92 Å². The molecule has 2 aliphatic heterocycles. The van der Waals surface area contributed by atoms with Crippen LogP contribution in [0, 0.1) is 5.92 Å². The molecule has 1 aromatic rings. The van der Waals surface area contributed by atoms with Gasteiger partial charge in [0, 0.05) is 33.1 Å². The van der Waals surface area contributed by atoms with Crippen LogP contribution in [-0.4, -0.2) is 60.5 Å². The number of hydrogen-bond acceptors (Lipinski definition) is 4. The smallest absolute Gasteiger partial charge is 0.263 e. The zero-order valence-electron chi connectivity index (χ0n) is 13.9. The van der Waals surface area contributed by atoms with Crippen molar-refractivity contribution in [2.24, 2.45) is 5.92 Å². The van der Waals surface area contributed by atoms with E-state index in [-0.39, 0.29) is 29.4 Å². The lowest BCUT2D eigenvalue weighted by atomic mass is 9.80. The fourth-order valence-corrected chi connectivity index (χ4v) is 4.38. The van der Waals surface area contributed by atoms with Crippen molar-refractivity contribution in [2.45, 2.75) is 37.9 Å². The van der Waals surface area contributed by atoms with Gasteiger partial charge in [0.25, 0.3) is 11.8 Å².